The van der Waals surface area contributed by atoms with Crippen LogP contribution in [0.3, 0.4) is 0 Å². The van der Waals surface area contributed by atoms with Gasteiger partial charge in [0.05, 0.1) is 0 Å². The largest absolute Gasteiger partial charge is 0.311 e. The molecule has 2 fully saturated rings. The lowest BCUT2D eigenvalue weighted by atomic mass is 9.90. The van der Waals surface area contributed by atoms with Gasteiger partial charge < -0.3 is 5.32 Å². The molecule has 1 saturated carbocycles. The Balaban J connectivity index is 1.73. The zero-order valence-electron chi connectivity index (χ0n) is 12.1. The SMILES string of the molecule is CCC1(C)CNC(C2CC2)CN1Cc1ccncc1. The van der Waals surface area contributed by atoms with E-state index in [1.165, 1.54) is 31.4 Å². The zero-order chi connectivity index (χ0) is 13.3. The summed E-state index contributed by atoms with van der Waals surface area (Å²) in [6.45, 7) is 8.06. The minimum absolute atomic E-state index is 0.286. The Labute approximate surface area is 116 Å². The first-order chi connectivity index (χ1) is 9.21. The number of aromatic nitrogens is 1. The van der Waals surface area contributed by atoms with Gasteiger partial charge in [0.15, 0.2) is 0 Å². The van der Waals surface area contributed by atoms with E-state index < -0.39 is 0 Å². The van der Waals surface area contributed by atoms with Crippen molar-refractivity contribution in [2.24, 2.45) is 5.92 Å². The van der Waals surface area contributed by atoms with Crippen molar-refractivity contribution in [3.63, 3.8) is 0 Å². The molecule has 3 rings (SSSR count). The van der Waals surface area contributed by atoms with Gasteiger partial charge in [-0.05, 0) is 49.8 Å². The fraction of sp³-hybridized carbons (Fsp3) is 0.688. The average molecular weight is 259 g/mol. The third-order valence-corrected chi connectivity index (χ3v) is 5.00. The predicted octanol–water partition coefficient (Wildman–Crippen LogP) is 2.43. The van der Waals surface area contributed by atoms with Crippen molar-refractivity contribution in [3.05, 3.63) is 30.1 Å². The molecule has 1 aliphatic carbocycles. The van der Waals surface area contributed by atoms with E-state index in [0.29, 0.717) is 6.04 Å². The van der Waals surface area contributed by atoms with Crippen LogP contribution in [0.1, 0.15) is 38.7 Å². The Morgan fingerprint density at radius 3 is 2.74 bits per heavy atom. The third kappa shape index (κ3) is 2.82. The fourth-order valence-corrected chi connectivity index (χ4v) is 3.11. The van der Waals surface area contributed by atoms with Crippen LogP contribution in [0.2, 0.25) is 0 Å². The van der Waals surface area contributed by atoms with Crippen LogP contribution in [-0.4, -0.2) is 34.6 Å². The number of piperazine rings is 1. The summed E-state index contributed by atoms with van der Waals surface area (Å²) < 4.78 is 0. The van der Waals surface area contributed by atoms with Crippen molar-refractivity contribution in [1.82, 2.24) is 15.2 Å². The highest BCUT2D eigenvalue weighted by molar-refractivity contribution is 5.11. The van der Waals surface area contributed by atoms with E-state index in [2.05, 4.69) is 41.2 Å². The maximum Gasteiger partial charge on any atom is 0.0307 e. The second-order valence-electron chi connectivity index (χ2n) is 6.41. The summed E-state index contributed by atoms with van der Waals surface area (Å²) in [5.41, 5.74) is 1.67. The van der Waals surface area contributed by atoms with Gasteiger partial charge in [0.25, 0.3) is 0 Å². The lowest BCUT2D eigenvalue weighted by Gasteiger charge is -2.48. The van der Waals surface area contributed by atoms with Crippen LogP contribution in [0, 0.1) is 5.92 Å². The minimum Gasteiger partial charge on any atom is -0.311 e. The Kier molecular flexibility index (Phi) is 3.59. The molecule has 0 spiro atoms. The van der Waals surface area contributed by atoms with Gasteiger partial charge in [0.2, 0.25) is 0 Å². The number of pyridine rings is 1. The first kappa shape index (κ1) is 13.1. The summed E-state index contributed by atoms with van der Waals surface area (Å²) in [4.78, 5) is 6.80. The summed E-state index contributed by atoms with van der Waals surface area (Å²) >= 11 is 0. The normalized spacial score (nSPS) is 32.4. The van der Waals surface area contributed by atoms with Crippen molar-refractivity contribution >= 4 is 0 Å². The number of rotatable bonds is 4. The molecule has 2 unspecified atom stereocenters. The van der Waals surface area contributed by atoms with E-state index in [1.54, 1.807) is 0 Å². The highest BCUT2D eigenvalue weighted by atomic mass is 15.3. The number of hydrogen-bond acceptors (Lipinski definition) is 3. The van der Waals surface area contributed by atoms with Crippen LogP contribution in [0.15, 0.2) is 24.5 Å². The Hall–Kier alpha value is -0.930. The highest BCUT2D eigenvalue weighted by Gasteiger charge is 2.41. The first-order valence-electron chi connectivity index (χ1n) is 7.58. The van der Waals surface area contributed by atoms with Gasteiger partial charge in [0, 0.05) is 43.6 Å². The Bertz CT molecular complexity index is 415. The molecule has 2 heterocycles. The van der Waals surface area contributed by atoms with Crippen LogP contribution in [0.25, 0.3) is 0 Å². The van der Waals surface area contributed by atoms with Crippen LogP contribution in [-0.2, 0) is 6.54 Å². The molecule has 1 saturated heterocycles. The van der Waals surface area contributed by atoms with Gasteiger partial charge in [0.1, 0.15) is 0 Å². The molecule has 3 nitrogen and oxygen atoms in total. The molecule has 104 valence electrons. The monoisotopic (exact) mass is 259 g/mol. The lowest BCUT2D eigenvalue weighted by molar-refractivity contribution is 0.0369. The first-order valence-corrected chi connectivity index (χ1v) is 7.58. The molecule has 1 aromatic rings. The molecule has 0 radical (unpaired) electrons. The molecule has 1 aliphatic heterocycles. The maximum absolute atomic E-state index is 4.12. The van der Waals surface area contributed by atoms with Gasteiger partial charge in [-0.1, -0.05) is 6.92 Å². The molecular formula is C16H25N3. The summed E-state index contributed by atoms with van der Waals surface area (Å²) in [6.07, 6.45) is 7.84. The molecule has 0 bridgehead atoms. The second-order valence-corrected chi connectivity index (χ2v) is 6.41. The van der Waals surface area contributed by atoms with Crippen molar-refractivity contribution in [3.8, 4) is 0 Å². The van der Waals surface area contributed by atoms with Gasteiger partial charge in [-0.15, -0.1) is 0 Å². The Morgan fingerprint density at radius 2 is 2.11 bits per heavy atom. The van der Waals surface area contributed by atoms with Crippen LogP contribution < -0.4 is 5.32 Å². The molecule has 0 amide bonds. The van der Waals surface area contributed by atoms with Crippen LogP contribution in [0.5, 0.6) is 0 Å². The lowest BCUT2D eigenvalue weighted by Crippen LogP contribution is -2.63. The van der Waals surface area contributed by atoms with E-state index in [0.717, 1.165) is 19.0 Å². The van der Waals surface area contributed by atoms with Crippen molar-refractivity contribution in [1.29, 1.82) is 0 Å². The van der Waals surface area contributed by atoms with Crippen LogP contribution in [0.4, 0.5) is 0 Å². The molecule has 1 N–H and O–H groups in total. The maximum atomic E-state index is 4.12. The third-order valence-electron chi connectivity index (χ3n) is 5.00. The topological polar surface area (TPSA) is 28.2 Å². The van der Waals surface area contributed by atoms with Gasteiger partial charge >= 0.3 is 0 Å². The molecular weight excluding hydrogens is 234 g/mol. The van der Waals surface area contributed by atoms with Gasteiger partial charge in [-0.3, -0.25) is 9.88 Å². The van der Waals surface area contributed by atoms with E-state index in [9.17, 15) is 0 Å². The van der Waals surface area contributed by atoms with Gasteiger partial charge in [-0.2, -0.15) is 0 Å². The van der Waals surface area contributed by atoms with Crippen molar-refractivity contribution < 1.29 is 0 Å². The highest BCUT2D eigenvalue weighted by Crippen LogP contribution is 2.36. The fourth-order valence-electron chi connectivity index (χ4n) is 3.11. The summed E-state index contributed by atoms with van der Waals surface area (Å²) in [5, 5.41) is 3.78. The van der Waals surface area contributed by atoms with Crippen molar-refractivity contribution in [2.45, 2.75) is 51.2 Å². The number of nitrogens with zero attached hydrogens (tertiary/aromatic N) is 2. The van der Waals surface area contributed by atoms with Crippen molar-refractivity contribution in [2.75, 3.05) is 13.1 Å². The van der Waals surface area contributed by atoms with E-state index in [1.807, 2.05) is 12.4 Å². The predicted molar refractivity (Wildman–Crippen MR) is 77.9 cm³/mol. The zero-order valence-corrected chi connectivity index (χ0v) is 12.1. The summed E-state index contributed by atoms with van der Waals surface area (Å²) in [6, 6.07) is 5.00. The average Bonchev–Trinajstić information content (AvgIpc) is 3.27. The quantitative estimate of drug-likeness (QED) is 0.900. The molecule has 3 heteroatoms. The number of hydrogen-bond donors (Lipinski definition) is 1. The standard InChI is InChI=1S/C16H25N3/c1-3-16(2)12-18-15(14-4-5-14)11-19(16)10-13-6-8-17-9-7-13/h6-9,14-15,18H,3-5,10-12H2,1-2H3. The van der Waals surface area contributed by atoms with E-state index in [4.69, 9.17) is 0 Å². The van der Waals surface area contributed by atoms with Gasteiger partial charge in [-0.25, -0.2) is 0 Å². The molecule has 2 aliphatic rings. The molecule has 19 heavy (non-hydrogen) atoms. The van der Waals surface area contributed by atoms with E-state index >= 15 is 0 Å². The Morgan fingerprint density at radius 1 is 1.37 bits per heavy atom. The van der Waals surface area contributed by atoms with E-state index in [-0.39, 0.29) is 5.54 Å². The second kappa shape index (κ2) is 5.22. The molecule has 0 aromatic carbocycles. The minimum atomic E-state index is 0.286. The smallest absolute Gasteiger partial charge is 0.0307 e. The molecule has 1 aromatic heterocycles. The van der Waals surface area contributed by atoms with Crippen LogP contribution >= 0.6 is 0 Å². The molecule has 2 atom stereocenters. The number of nitrogens with one attached hydrogen (secondary N) is 1. The summed E-state index contributed by atoms with van der Waals surface area (Å²) in [5.74, 6) is 0.932. The summed E-state index contributed by atoms with van der Waals surface area (Å²) in [7, 11) is 0.